The number of ketones is 1. The number of aryl methyl sites for hydroxylation is 2. The van der Waals surface area contributed by atoms with E-state index in [9.17, 15) is 4.79 Å². The molecule has 0 N–H and O–H groups in total. The molecule has 0 radical (unpaired) electrons. The van der Waals surface area contributed by atoms with Gasteiger partial charge in [-0.1, -0.05) is 6.92 Å². The Balaban J connectivity index is 2.24. The van der Waals surface area contributed by atoms with Gasteiger partial charge >= 0.3 is 0 Å². The lowest BCUT2D eigenvalue weighted by atomic mass is 10.1. The molecule has 0 aliphatic carbocycles. The SMILES string of the molecule is CCCn1cc(C(=O)c2occc2C)cn1. The van der Waals surface area contributed by atoms with Gasteiger partial charge in [0.25, 0.3) is 0 Å². The molecule has 0 aliphatic heterocycles. The maximum absolute atomic E-state index is 12.0. The molecule has 0 amide bonds. The van der Waals surface area contributed by atoms with Gasteiger partial charge in [-0.05, 0) is 25.0 Å². The van der Waals surface area contributed by atoms with Crippen molar-refractivity contribution in [1.82, 2.24) is 9.78 Å². The van der Waals surface area contributed by atoms with Gasteiger partial charge in [0.05, 0.1) is 18.0 Å². The third kappa shape index (κ3) is 1.91. The average Bonchev–Trinajstić information content (AvgIpc) is 2.87. The van der Waals surface area contributed by atoms with Crippen LogP contribution in [0.15, 0.2) is 29.1 Å². The summed E-state index contributed by atoms with van der Waals surface area (Å²) in [5.74, 6) is 0.293. The Kier molecular flexibility index (Phi) is 2.90. The van der Waals surface area contributed by atoms with E-state index in [1.54, 1.807) is 23.1 Å². The smallest absolute Gasteiger partial charge is 0.231 e. The van der Waals surface area contributed by atoms with Crippen molar-refractivity contribution in [3.05, 3.63) is 41.6 Å². The van der Waals surface area contributed by atoms with Gasteiger partial charge in [-0.15, -0.1) is 0 Å². The molecule has 2 aromatic heterocycles. The van der Waals surface area contributed by atoms with E-state index in [0.717, 1.165) is 18.5 Å². The number of hydrogen-bond acceptors (Lipinski definition) is 3. The van der Waals surface area contributed by atoms with Crippen molar-refractivity contribution in [3.63, 3.8) is 0 Å². The second kappa shape index (κ2) is 4.35. The highest BCUT2D eigenvalue weighted by molar-refractivity contribution is 6.07. The average molecular weight is 218 g/mol. The van der Waals surface area contributed by atoms with Crippen LogP contribution in [0.3, 0.4) is 0 Å². The van der Waals surface area contributed by atoms with Crippen LogP contribution in [-0.2, 0) is 6.54 Å². The first-order chi connectivity index (χ1) is 7.72. The molecule has 0 aromatic carbocycles. The van der Waals surface area contributed by atoms with Gasteiger partial charge in [-0.25, -0.2) is 0 Å². The molecule has 4 heteroatoms. The zero-order valence-corrected chi connectivity index (χ0v) is 9.43. The number of furan rings is 1. The quantitative estimate of drug-likeness (QED) is 0.740. The van der Waals surface area contributed by atoms with Crippen molar-refractivity contribution in [3.8, 4) is 0 Å². The largest absolute Gasteiger partial charge is 0.461 e. The number of nitrogens with zero attached hydrogens (tertiary/aromatic N) is 2. The first kappa shape index (κ1) is 10.7. The number of carbonyl (C=O) groups excluding carboxylic acids is 1. The molecule has 0 bridgehead atoms. The van der Waals surface area contributed by atoms with Gasteiger partial charge in [0.1, 0.15) is 0 Å². The monoisotopic (exact) mass is 218 g/mol. The fraction of sp³-hybridized carbons (Fsp3) is 0.333. The summed E-state index contributed by atoms with van der Waals surface area (Å²) in [6, 6.07) is 1.78. The molecule has 4 nitrogen and oxygen atoms in total. The van der Waals surface area contributed by atoms with Gasteiger partial charge in [-0.2, -0.15) is 5.10 Å². The Morgan fingerprint density at radius 3 is 3.00 bits per heavy atom. The predicted octanol–water partition coefficient (Wildman–Crippen LogP) is 2.43. The summed E-state index contributed by atoms with van der Waals surface area (Å²) < 4.78 is 6.93. The molecule has 2 aromatic rings. The van der Waals surface area contributed by atoms with E-state index >= 15 is 0 Å². The van der Waals surface area contributed by atoms with E-state index in [1.165, 1.54) is 6.26 Å². The van der Waals surface area contributed by atoms with E-state index in [4.69, 9.17) is 4.42 Å². The number of carbonyl (C=O) groups is 1. The van der Waals surface area contributed by atoms with Crippen LogP contribution in [0.2, 0.25) is 0 Å². The molecule has 16 heavy (non-hydrogen) atoms. The van der Waals surface area contributed by atoms with Crippen LogP contribution >= 0.6 is 0 Å². The summed E-state index contributed by atoms with van der Waals surface area (Å²) in [5, 5.41) is 4.12. The Labute approximate surface area is 93.9 Å². The third-order valence-electron chi connectivity index (χ3n) is 2.42. The summed E-state index contributed by atoms with van der Waals surface area (Å²) in [5.41, 5.74) is 1.43. The van der Waals surface area contributed by atoms with Crippen LogP contribution in [0.4, 0.5) is 0 Å². The molecule has 2 rings (SSSR count). The van der Waals surface area contributed by atoms with Crippen LogP contribution < -0.4 is 0 Å². The summed E-state index contributed by atoms with van der Waals surface area (Å²) in [6.07, 6.45) is 5.86. The topological polar surface area (TPSA) is 48.0 Å². The number of hydrogen-bond donors (Lipinski definition) is 0. The normalized spacial score (nSPS) is 10.6. The summed E-state index contributed by atoms with van der Waals surface area (Å²) >= 11 is 0. The van der Waals surface area contributed by atoms with Crippen molar-refractivity contribution < 1.29 is 9.21 Å². The van der Waals surface area contributed by atoms with Crippen LogP contribution in [0.5, 0.6) is 0 Å². The summed E-state index contributed by atoms with van der Waals surface area (Å²) in [4.78, 5) is 12.0. The van der Waals surface area contributed by atoms with E-state index in [-0.39, 0.29) is 5.78 Å². The van der Waals surface area contributed by atoms with Crippen LogP contribution in [-0.4, -0.2) is 15.6 Å². The zero-order chi connectivity index (χ0) is 11.5. The summed E-state index contributed by atoms with van der Waals surface area (Å²) in [7, 11) is 0. The number of aromatic nitrogens is 2. The molecule has 0 aliphatic rings. The van der Waals surface area contributed by atoms with Gasteiger partial charge in [0.2, 0.25) is 5.78 Å². The molecule has 0 fully saturated rings. The molecule has 0 unspecified atom stereocenters. The van der Waals surface area contributed by atoms with Crippen molar-refractivity contribution in [2.45, 2.75) is 26.8 Å². The van der Waals surface area contributed by atoms with Gasteiger partial charge in [0.15, 0.2) is 5.76 Å². The van der Waals surface area contributed by atoms with Crippen molar-refractivity contribution in [1.29, 1.82) is 0 Å². The highest BCUT2D eigenvalue weighted by Gasteiger charge is 2.16. The lowest BCUT2D eigenvalue weighted by Crippen LogP contribution is -2.00. The van der Waals surface area contributed by atoms with Crippen LogP contribution in [0.1, 0.15) is 35.0 Å². The maximum Gasteiger partial charge on any atom is 0.231 e. The second-order valence-electron chi connectivity index (χ2n) is 3.75. The second-order valence-corrected chi connectivity index (χ2v) is 3.75. The Hall–Kier alpha value is -1.84. The predicted molar refractivity (Wildman–Crippen MR) is 59.4 cm³/mol. The minimum absolute atomic E-state index is 0.107. The number of rotatable bonds is 4. The fourth-order valence-corrected chi connectivity index (χ4v) is 1.57. The molecular formula is C12H14N2O2. The highest BCUT2D eigenvalue weighted by atomic mass is 16.3. The highest BCUT2D eigenvalue weighted by Crippen LogP contribution is 2.14. The van der Waals surface area contributed by atoms with Crippen molar-refractivity contribution in [2.24, 2.45) is 0 Å². The molecule has 0 spiro atoms. The zero-order valence-electron chi connectivity index (χ0n) is 9.43. The van der Waals surface area contributed by atoms with Crippen LogP contribution in [0, 0.1) is 6.92 Å². The summed E-state index contributed by atoms with van der Waals surface area (Å²) in [6.45, 7) is 4.75. The molecular weight excluding hydrogens is 204 g/mol. The van der Waals surface area contributed by atoms with E-state index in [2.05, 4.69) is 12.0 Å². The van der Waals surface area contributed by atoms with Gasteiger partial charge < -0.3 is 4.42 Å². The Bertz CT molecular complexity index is 497. The molecule has 0 atom stereocenters. The fourth-order valence-electron chi connectivity index (χ4n) is 1.57. The third-order valence-corrected chi connectivity index (χ3v) is 2.42. The lowest BCUT2D eigenvalue weighted by molar-refractivity contribution is 0.101. The van der Waals surface area contributed by atoms with E-state index in [0.29, 0.717) is 11.3 Å². The molecule has 0 saturated carbocycles. The van der Waals surface area contributed by atoms with E-state index in [1.807, 2.05) is 6.92 Å². The van der Waals surface area contributed by atoms with Gasteiger partial charge in [-0.3, -0.25) is 9.48 Å². The van der Waals surface area contributed by atoms with Crippen molar-refractivity contribution in [2.75, 3.05) is 0 Å². The lowest BCUT2D eigenvalue weighted by Gasteiger charge is -1.96. The van der Waals surface area contributed by atoms with E-state index < -0.39 is 0 Å². The molecule has 0 saturated heterocycles. The standard InChI is InChI=1S/C12H14N2O2/c1-3-5-14-8-10(7-13-14)11(15)12-9(2)4-6-16-12/h4,6-8H,3,5H2,1-2H3. The Morgan fingerprint density at radius 1 is 1.56 bits per heavy atom. The first-order valence-corrected chi connectivity index (χ1v) is 5.33. The maximum atomic E-state index is 12.0. The molecule has 2 heterocycles. The molecule has 84 valence electrons. The minimum atomic E-state index is -0.107. The van der Waals surface area contributed by atoms with Crippen LogP contribution in [0.25, 0.3) is 0 Å². The van der Waals surface area contributed by atoms with Crippen molar-refractivity contribution >= 4 is 5.78 Å². The Morgan fingerprint density at radius 2 is 2.38 bits per heavy atom. The van der Waals surface area contributed by atoms with Gasteiger partial charge in [0, 0.05) is 12.7 Å². The first-order valence-electron chi connectivity index (χ1n) is 5.33. The minimum Gasteiger partial charge on any atom is -0.461 e.